The molecule has 0 aliphatic carbocycles. The molecule has 0 aliphatic rings. The fraction of sp³-hybridized carbons (Fsp3) is 0.455. The standard InChI is InChI=1S/C11H16FNS/c1-3-4-8(2)14-11-6-9(12)5-10(13)7-11/h5-8H,3-4,13H2,1-2H3. The van der Waals surface area contributed by atoms with Crippen LogP contribution in [0.1, 0.15) is 26.7 Å². The molecule has 1 aromatic carbocycles. The fourth-order valence-electron chi connectivity index (χ4n) is 1.35. The zero-order valence-corrected chi connectivity index (χ0v) is 9.40. The van der Waals surface area contributed by atoms with Crippen LogP contribution in [0.2, 0.25) is 0 Å². The third-order valence-corrected chi connectivity index (χ3v) is 3.07. The van der Waals surface area contributed by atoms with E-state index >= 15 is 0 Å². The van der Waals surface area contributed by atoms with Gasteiger partial charge in [-0.15, -0.1) is 11.8 Å². The van der Waals surface area contributed by atoms with Crippen molar-refractivity contribution in [1.82, 2.24) is 0 Å². The molecule has 0 fully saturated rings. The van der Waals surface area contributed by atoms with Gasteiger partial charge in [0.1, 0.15) is 5.82 Å². The maximum absolute atomic E-state index is 13.0. The summed E-state index contributed by atoms with van der Waals surface area (Å²) in [6.45, 7) is 4.30. The average molecular weight is 213 g/mol. The Kier molecular flexibility index (Phi) is 4.26. The molecular weight excluding hydrogens is 197 g/mol. The van der Waals surface area contributed by atoms with E-state index in [-0.39, 0.29) is 5.82 Å². The molecule has 0 aromatic heterocycles. The number of hydrogen-bond donors (Lipinski definition) is 1. The molecule has 0 amide bonds. The van der Waals surface area contributed by atoms with Gasteiger partial charge in [0.15, 0.2) is 0 Å². The predicted molar refractivity (Wildman–Crippen MR) is 61.0 cm³/mol. The molecule has 0 heterocycles. The van der Waals surface area contributed by atoms with Crippen LogP contribution in [0.5, 0.6) is 0 Å². The second-order valence-electron chi connectivity index (χ2n) is 3.44. The average Bonchev–Trinajstić information content (AvgIpc) is 2.01. The number of hydrogen-bond acceptors (Lipinski definition) is 2. The Morgan fingerprint density at radius 2 is 2.14 bits per heavy atom. The van der Waals surface area contributed by atoms with Gasteiger partial charge >= 0.3 is 0 Å². The molecule has 1 nitrogen and oxygen atoms in total. The Bertz CT molecular complexity index is 281. The smallest absolute Gasteiger partial charge is 0.126 e. The van der Waals surface area contributed by atoms with Crippen molar-refractivity contribution in [2.75, 3.05) is 5.73 Å². The zero-order chi connectivity index (χ0) is 10.6. The SMILES string of the molecule is CCCC(C)Sc1cc(N)cc(F)c1. The van der Waals surface area contributed by atoms with E-state index < -0.39 is 0 Å². The van der Waals surface area contributed by atoms with E-state index in [1.807, 2.05) is 6.07 Å². The van der Waals surface area contributed by atoms with E-state index in [1.54, 1.807) is 11.8 Å². The molecule has 14 heavy (non-hydrogen) atoms. The highest BCUT2D eigenvalue weighted by molar-refractivity contribution is 7.99. The minimum Gasteiger partial charge on any atom is -0.399 e. The summed E-state index contributed by atoms with van der Waals surface area (Å²) in [5, 5.41) is 0.515. The lowest BCUT2D eigenvalue weighted by Gasteiger charge is -2.10. The lowest BCUT2D eigenvalue weighted by atomic mass is 10.3. The molecule has 1 rings (SSSR count). The summed E-state index contributed by atoms with van der Waals surface area (Å²) in [7, 11) is 0. The van der Waals surface area contributed by atoms with Gasteiger partial charge in [0, 0.05) is 15.8 Å². The molecule has 0 aliphatic heterocycles. The summed E-state index contributed by atoms with van der Waals surface area (Å²) < 4.78 is 13.0. The molecule has 3 heteroatoms. The highest BCUT2D eigenvalue weighted by Crippen LogP contribution is 2.28. The number of nitrogens with two attached hydrogens (primary N) is 1. The van der Waals surface area contributed by atoms with Gasteiger partial charge in [-0.2, -0.15) is 0 Å². The Morgan fingerprint density at radius 1 is 1.43 bits per heavy atom. The van der Waals surface area contributed by atoms with Crippen LogP contribution >= 0.6 is 11.8 Å². The molecule has 78 valence electrons. The molecule has 1 atom stereocenters. The first kappa shape index (κ1) is 11.4. The molecule has 0 bridgehead atoms. The highest BCUT2D eigenvalue weighted by Gasteiger charge is 2.05. The quantitative estimate of drug-likeness (QED) is 0.609. The topological polar surface area (TPSA) is 26.0 Å². The molecular formula is C11H16FNS. The lowest BCUT2D eigenvalue weighted by molar-refractivity contribution is 0.625. The number of halogens is 1. The Morgan fingerprint density at radius 3 is 2.71 bits per heavy atom. The summed E-state index contributed by atoms with van der Waals surface area (Å²) in [5.41, 5.74) is 6.05. The molecule has 1 aromatic rings. The van der Waals surface area contributed by atoms with E-state index in [0.717, 1.165) is 17.7 Å². The van der Waals surface area contributed by atoms with Crippen LogP contribution in [-0.4, -0.2) is 5.25 Å². The number of benzene rings is 1. The molecule has 0 saturated carbocycles. The third-order valence-electron chi connectivity index (χ3n) is 1.93. The van der Waals surface area contributed by atoms with E-state index in [1.165, 1.54) is 12.1 Å². The Labute approximate surface area is 88.9 Å². The molecule has 1 unspecified atom stereocenters. The monoisotopic (exact) mass is 213 g/mol. The Hall–Kier alpha value is -0.700. The first-order chi connectivity index (χ1) is 6.61. The van der Waals surface area contributed by atoms with E-state index in [9.17, 15) is 4.39 Å². The van der Waals surface area contributed by atoms with Crippen LogP contribution in [0, 0.1) is 5.82 Å². The number of rotatable bonds is 4. The van der Waals surface area contributed by atoms with Gasteiger partial charge in [-0.3, -0.25) is 0 Å². The van der Waals surface area contributed by atoms with Crippen molar-refractivity contribution in [3.8, 4) is 0 Å². The maximum atomic E-state index is 13.0. The van der Waals surface area contributed by atoms with E-state index in [2.05, 4.69) is 13.8 Å². The van der Waals surface area contributed by atoms with Crippen LogP contribution < -0.4 is 5.73 Å². The van der Waals surface area contributed by atoms with Crippen LogP contribution in [0.4, 0.5) is 10.1 Å². The number of anilines is 1. The first-order valence-electron chi connectivity index (χ1n) is 4.84. The van der Waals surface area contributed by atoms with Gasteiger partial charge in [0.2, 0.25) is 0 Å². The second kappa shape index (κ2) is 5.25. The van der Waals surface area contributed by atoms with Gasteiger partial charge < -0.3 is 5.73 Å². The summed E-state index contributed by atoms with van der Waals surface area (Å²) in [6.07, 6.45) is 2.29. The van der Waals surface area contributed by atoms with Crippen LogP contribution in [0.15, 0.2) is 23.1 Å². The second-order valence-corrected chi connectivity index (χ2v) is 4.95. The summed E-state index contributed by atoms with van der Waals surface area (Å²) in [4.78, 5) is 0.920. The Balaban J connectivity index is 2.66. The van der Waals surface area contributed by atoms with Crippen LogP contribution in [0.3, 0.4) is 0 Å². The maximum Gasteiger partial charge on any atom is 0.126 e. The first-order valence-corrected chi connectivity index (χ1v) is 5.72. The van der Waals surface area contributed by atoms with Gasteiger partial charge in [0.25, 0.3) is 0 Å². The van der Waals surface area contributed by atoms with Gasteiger partial charge in [0.05, 0.1) is 0 Å². The normalized spacial score (nSPS) is 12.8. The van der Waals surface area contributed by atoms with Crippen molar-refractivity contribution in [1.29, 1.82) is 0 Å². The molecule has 0 saturated heterocycles. The van der Waals surface area contributed by atoms with Crippen molar-refractivity contribution in [2.24, 2.45) is 0 Å². The number of thioether (sulfide) groups is 1. The number of nitrogen functional groups attached to an aromatic ring is 1. The fourth-order valence-corrected chi connectivity index (χ4v) is 2.55. The highest BCUT2D eigenvalue weighted by atomic mass is 32.2. The minimum absolute atomic E-state index is 0.254. The largest absolute Gasteiger partial charge is 0.399 e. The van der Waals surface area contributed by atoms with Crippen LogP contribution in [0.25, 0.3) is 0 Å². The minimum atomic E-state index is -0.254. The van der Waals surface area contributed by atoms with Crippen molar-refractivity contribution in [3.63, 3.8) is 0 Å². The molecule has 2 N–H and O–H groups in total. The summed E-state index contributed by atoms with van der Waals surface area (Å²) in [5.74, 6) is -0.254. The summed E-state index contributed by atoms with van der Waals surface area (Å²) in [6, 6.07) is 4.70. The van der Waals surface area contributed by atoms with Gasteiger partial charge in [-0.05, 0) is 24.6 Å². The third kappa shape index (κ3) is 3.58. The predicted octanol–water partition coefficient (Wildman–Crippen LogP) is 3.69. The lowest BCUT2D eigenvalue weighted by Crippen LogP contribution is -1.95. The van der Waals surface area contributed by atoms with Crippen LogP contribution in [-0.2, 0) is 0 Å². The molecule has 0 radical (unpaired) electrons. The summed E-state index contributed by atoms with van der Waals surface area (Å²) >= 11 is 1.68. The van der Waals surface area contributed by atoms with Gasteiger partial charge in [-0.1, -0.05) is 20.3 Å². The zero-order valence-electron chi connectivity index (χ0n) is 8.59. The van der Waals surface area contributed by atoms with Crippen molar-refractivity contribution in [3.05, 3.63) is 24.0 Å². The van der Waals surface area contributed by atoms with E-state index in [0.29, 0.717) is 10.9 Å². The van der Waals surface area contributed by atoms with Crippen molar-refractivity contribution < 1.29 is 4.39 Å². The van der Waals surface area contributed by atoms with Gasteiger partial charge in [-0.25, -0.2) is 4.39 Å². The van der Waals surface area contributed by atoms with Crippen molar-refractivity contribution >= 4 is 17.4 Å². The molecule has 0 spiro atoms. The van der Waals surface area contributed by atoms with Crippen molar-refractivity contribution in [2.45, 2.75) is 36.8 Å². The van der Waals surface area contributed by atoms with E-state index in [4.69, 9.17) is 5.73 Å².